The van der Waals surface area contributed by atoms with Crippen molar-refractivity contribution in [1.82, 2.24) is 4.90 Å². The number of aliphatic hydroxyl groups is 2. The summed E-state index contributed by atoms with van der Waals surface area (Å²) < 4.78 is 4.92. The minimum atomic E-state index is -0.910. The van der Waals surface area contributed by atoms with Crippen molar-refractivity contribution < 1.29 is 24.5 Å². The first-order chi connectivity index (χ1) is 14.3. The summed E-state index contributed by atoms with van der Waals surface area (Å²) in [4.78, 5) is 25.5. The Bertz CT molecular complexity index is 661. The van der Waals surface area contributed by atoms with Crippen LogP contribution in [0.4, 0.5) is 0 Å². The maximum absolute atomic E-state index is 12.4. The van der Waals surface area contributed by atoms with Gasteiger partial charge < -0.3 is 19.8 Å². The van der Waals surface area contributed by atoms with Crippen LogP contribution >= 0.6 is 0 Å². The molecule has 6 nitrogen and oxygen atoms in total. The van der Waals surface area contributed by atoms with Gasteiger partial charge in [-0.3, -0.25) is 9.59 Å². The number of ether oxygens (including phenoxy) is 1. The lowest BCUT2D eigenvalue weighted by Gasteiger charge is -2.31. The van der Waals surface area contributed by atoms with Crippen LogP contribution in [0.15, 0.2) is 30.3 Å². The lowest BCUT2D eigenvalue weighted by atomic mass is 9.93. The van der Waals surface area contributed by atoms with Gasteiger partial charge in [-0.1, -0.05) is 49.6 Å². The maximum Gasteiger partial charge on any atom is 0.305 e. The summed E-state index contributed by atoms with van der Waals surface area (Å²) in [5.74, 6) is -0.187. The average molecular weight is 420 g/mol. The molecular formula is C24H37NO5. The van der Waals surface area contributed by atoms with Gasteiger partial charge in [-0.15, -0.1) is 0 Å². The van der Waals surface area contributed by atoms with Crippen LogP contribution in [0.5, 0.6) is 0 Å². The number of hydrogen-bond acceptors (Lipinski definition) is 5. The molecule has 1 heterocycles. The summed E-state index contributed by atoms with van der Waals surface area (Å²) in [6, 6.07) is 9.65. The molecule has 168 valence electrons. The average Bonchev–Trinajstić information content (AvgIpc) is 2.96. The van der Waals surface area contributed by atoms with Gasteiger partial charge in [0.15, 0.2) is 0 Å². The number of nitrogens with zero attached hydrogens (tertiary/aromatic N) is 1. The molecule has 3 unspecified atom stereocenters. The first-order valence-corrected chi connectivity index (χ1v) is 11.2. The molecule has 1 aromatic carbocycles. The molecule has 1 amide bonds. The molecular weight excluding hydrogens is 382 g/mol. The van der Waals surface area contributed by atoms with E-state index in [1.54, 1.807) is 18.7 Å². The molecule has 6 heteroatoms. The summed E-state index contributed by atoms with van der Waals surface area (Å²) in [5, 5.41) is 21.1. The van der Waals surface area contributed by atoms with Crippen molar-refractivity contribution in [2.45, 2.75) is 89.4 Å². The standard InChI is InChI=1S/C24H37NO5/c1-3-30-23(28)14-10-5-4-9-13-20-21(26)17-22(27)25(20)16-15-24(2,29)18-19-11-7-6-8-12-19/h6-8,11-12,20-21,26,29H,3-5,9-10,13-18H2,1-2H3. The number of esters is 1. The van der Waals surface area contributed by atoms with Crippen molar-refractivity contribution in [1.29, 1.82) is 0 Å². The molecule has 2 N–H and O–H groups in total. The van der Waals surface area contributed by atoms with Gasteiger partial charge in [0.2, 0.25) is 5.91 Å². The number of carbonyl (C=O) groups excluding carboxylic acids is 2. The van der Waals surface area contributed by atoms with Crippen molar-refractivity contribution in [3.05, 3.63) is 35.9 Å². The second-order valence-corrected chi connectivity index (χ2v) is 8.59. The molecule has 0 bridgehead atoms. The van der Waals surface area contributed by atoms with Crippen molar-refractivity contribution in [2.24, 2.45) is 0 Å². The van der Waals surface area contributed by atoms with Gasteiger partial charge in [0.25, 0.3) is 0 Å². The SMILES string of the molecule is CCOC(=O)CCCCCCC1C(O)CC(=O)N1CCC(C)(O)Cc1ccccc1. The number of amides is 1. The first kappa shape index (κ1) is 24.4. The van der Waals surface area contributed by atoms with E-state index < -0.39 is 11.7 Å². The molecule has 1 aromatic rings. The Hall–Kier alpha value is -1.92. The molecule has 1 aliphatic rings. The molecule has 0 radical (unpaired) electrons. The fourth-order valence-corrected chi connectivity index (χ4v) is 4.16. The second kappa shape index (κ2) is 12.1. The number of rotatable bonds is 13. The van der Waals surface area contributed by atoms with Crippen LogP contribution < -0.4 is 0 Å². The molecule has 1 saturated heterocycles. The van der Waals surface area contributed by atoms with Gasteiger partial charge in [-0.05, 0) is 38.7 Å². The zero-order chi connectivity index (χ0) is 22.0. The monoisotopic (exact) mass is 419 g/mol. The first-order valence-electron chi connectivity index (χ1n) is 11.2. The van der Waals surface area contributed by atoms with E-state index in [9.17, 15) is 19.8 Å². The molecule has 30 heavy (non-hydrogen) atoms. The Kier molecular flexibility index (Phi) is 9.79. The lowest BCUT2D eigenvalue weighted by Crippen LogP contribution is -2.41. The Morgan fingerprint density at radius 1 is 1.20 bits per heavy atom. The topological polar surface area (TPSA) is 87.1 Å². The molecule has 2 rings (SSSR count). The highest BCUT2D eigenvalue weighted by Crippen LogP contribution is 2.27. The van der Waals surface area contributed by atoms with Gasteiger partial charge >= 0.3 is 5.97 Å². The highest BCUT2D eigenvalue weighted by Gasteiger charge is 2.38. The third-order valence-corrected chi connectivity index (χ3v) is 5.80. The van der Waals surface area contributed by atoms with E-state index in [0.29, 0.717) is 32.4 Å². The molecule has 0 saturated carbocycles. The molecule has 1 fully saturated rings. The van der Waals surface area contributed by atoms with E-state index in [4.69, 9.17) is 4.74 Å². The van der Waals surface area contributed by atoms with Crippen molar-refractivity contribution in [3.63, 3.8) is 0 Å². The quantitative estimate of drug-likeness (QED) is 0.379. The van der Waals surface area contributed by atoms with Crippen LogP contribution in [-0.4, -0.2) is 57.9 Å². The Balaban J connectivity index is 1.75. The van der Waals surface area contributed by atoms with Crippen LogP contribution in [0.1, 0.15) is 70.8 Å². The largest absolute Gasteiger partial charge is 0.466 e. The maximum atomic E-state index is 12.4. The Labute approximate surface area is 180 Å². The molecule has 3 atom stereocenters. The van der Waals surface area contributed by atoms with Crippen LogP contribution in [0.3, 0.4) is 0 Å². The van der Waals surface area contributed by atoms with Gasteiger partial charge in [0.05, 0.1) is 30.8 Å². The van der Waals surface area contributed by atoms with Crippen LogP contribution in [0, 0.1) is 0 Å². The van der Waals surface area contributed by atoms with Gasteiger partial charge in [-0.2, -0.15) is 0 Å². The number of carbonyl (C=O) groups is 2. The van der Waals surface area contributed by atoms with Gasteiger partial charge in [0, 0.05) is 19.4 Å². The van der Waals surface area contributed by atoms with Gasteiger partial charge in [0.1, 0.15) is 0 Å². The third kappa shape index (κ3) is 8.07. The van der Waals surface area contributed by atoms with E-state index in [1.165, 1.54) is 0 Å². The van der Waals surface area contributed by atoms with E-state index >= 15 is 0 Å². The predicted molar refractivity (Wildman–Crippen MR) is 116 cm³/mol. The summed E-state index contributed by atoms with van der Waals surface area (Å²) in [6.07, 6.45) is 5.29. The number of unbranched alkanes of at least 4 members (excludes halogenated alkanes) is 3. The second-order valence-electron chi connectivity index (χ2n) is 8.59. The number of aliphatic hydroxyl groups excluding tert-OH is 1. The van der Waals surface area contributed by atoms with Gasteiger partial charge in [-0.25, -0.2) is 0 Å². The minimum absolute atomic E-state index is 0.0367. The number of benzene rings is 1. The van der Waals surface area contributed by atoms with Crippen molar-refractivity contribution in [2.75, 3.05) is 13.2 Å². The van der Waals surface area contributed by atoms with E-state index in [2.05, 4.69) is 0 Å². The summed E-state index contributed by atoms with van der Waals surface area (Å²) in [6.45, 7) is 4.47. The van der Waals surface area contributed by atoms with E-state index in [1.807, 2.05) is 30.3 Å². The minimum Gasteiger partial charge on any atom is -0.466 e. The fraction of sp³-hybridized carbons (Fsp3) is 0.667. The summed E-state index contributed by atoms with van der Waals surface area (Å²) in [5.41, 5.74) is 0.155. The van der Waals surface area contributed by atoms with Crippen LogP contribution in [0.25, 0.3) is 0 Å². The molecule has 0 aromatic heterocycles. The van der Waals surface area contributed by atoms with Crippen molar-refractivity contribution >= 4 is 11.9 Å². The normalized spacial score (nSPS) is 20.9. The summed E-state index contributed by atoms with van der Waals surface area (Å²) in [7, 11) is 0. The zero-order valence-corrected chi connectivity index (χ0v) is 18.4. The Morgan fingerprint density at radius 2 is 1.90 bits per heavy atom. The molecule has 0 aliphatic carbocycles. The van der Waals surface area contributed by atoms with E-state index in [-0.39, 0.29) is 24.3 Å². The Morgan fingerprint density at radius 3 is 2.60 bits per heavy atom. The third-order valence-electron chi connectivity index (χ3n) is 5.80. The van der Waals surface area contributed by atoms with Crippen LogP contribution in [-0.2, 0) is 20.7 Å². The highest BCUT2D eigenvalue weighted by atomic mass is 16.5. The summed E-state index contributed by atoms with van der Waals surface area (Å²) >= 11 is 0. The number of hydrogen-bond donors (Lipinski definition) is 2. The van der Waals surface area contributed by atoms with Crippen molar-refractivity contribution in [3.8, 4) is 0 Å². The highest BCUT2D eigenvalue weighted by molar-refractivity contribution is 5.79. The smallest absolute Gasteiger partial charge is 0.305 e. The van der Waals surface area contributed by atoms with E-state index in [0.717, 1.165) is 37.7 Å². The number of likely N-dealkylation sites (tertiary alicyclic amines) is 1. The fourth-order valence-electron chi connectivity index (χ4n) is 4.16. The lowest BCUT2D eigenvalue weighted by molar-refractivity contribution is -0.143. The molecule has 1 aliphatic heterocycles. The predicted octanol–water partition coefficient (Wildman–Crippen LogP) is 3.24. The van der Waals surface area contributed by atoms with Crippen LogP contribution in [0.2, 0.25) is 0 Å². The molecule has 0 spiro atoms. The zero-order valence-electron chi connectivity index (χ0n) is 18.4.